The van der Waals surface area contributed by atoms with Crippen molar-refractivity contribution in [1.82, 2.24) is 5.32 Å². The zero-order valence-electron chi connectivity index (χ0n) is 15.2. The predicted octanol–water partition coefficient (Wildman–Crippen LogP) is 2.45. The van der Waals surface area contributed by atoms with Crippen LogP contribution in [0, 0.1) is 11.8 Å². The van der Waals surface area contributed by atoms with Crippen molar-refractivity contribution in [3.63, 3.8) is 0 Å². The fourth-order valence-electron chi connectivity index (χ4n) is 4.16. The Morgan fingerprint density at radius 2 is 1.44 bits per heavy atom. The van der Waals surface area contributed by atoms with Gasteiger partial charge in [-0.25, -0.2) is 0 Å². The van der Waals surface area contributed by atoms with E-state index in [2.05, 4.69) is 43.4 Å². The maximum absolute atomic E-state index is 12.7. The van der Waals surface area contributed by atoms with Crippen LogP contribution in [0.1, 0.15) is 37.4 Å². The maximum Gasteiger partial charge on any atom is 0.275 e. The summed E-state index contributed by atoms with van der Waals surface area (Å²) >= 11 is 0. The van der Waals surface area contributed by atoms with E-state index in [1.54, 1.807) is 0 Å². The minimum atomic E-state index is -0.0889. The number of quaternary nitrogens is 1. The Morgan fingerprint density at radius 1 is 0.960 bits per heavy atom. The molecule has 1 fully saturated rings. The van der Waals surface area contributed by atoms with E-state index in [1.165, 1.54) is 11.3 Å². The molecule has 1 saturated heterocycles. The highest BCUT2D eigenvalue weighted by molar-refractivity contribution is 5.78. The molecule has 2 atom stereocenters. The molecule has 0 spiro atoms. The monoisotopic (exact) mass is 337 g/mol. The molecular weight excluding hydrogens is 308 g/mol. The molecule has 25 heavy (non-hydrogen) atoms. The molecule has 1 aliphatic heterocycles. The van der Waals surface area contributed by atoms with E-state index < -0.39 is 0 Å². The number of hydrogen-bond acceptors (Lipinski definition) is 1. The molecule has 0 saturated carbocycles. The first-order chi connectivity index (χ1) is 12.1. The van der Waals surface area contributed by atoms with Gasteiger partial charge in [-0.3, -0.25) is 4.79 Å². The minimum absolute atomic E-state index is 0.0889. The highest BCUT2D eigenvalue weighted by atomic mass is 16.2. The van der Waals surface area contributed by atoms with Gasteiger partial charge >= 0.3 is 0 Å². The van der Waals surface area contributed by atoms with Crippen LogP contribution < -0.4 is 10.2 Å². The standard InChI is InChI=1S/C22H28N2O/c1-17-13-18(2)15-24(14-17)16-21(25)23-22(19-9-5-3-6-10-19)20-11-7-4-8-12-20/h3-12,17-18,22H,13-16H2,1-2H3,(H,23,25)/p+1/t17-,18-/m1/s1. The van der Waals surface area contributed by atoms with Gasteiger partial charge in [0.25, 0.3) is 5.91 Å². The van der Waals surface area contributed by atoms with Crippen molar-refractivity contribution in [3.8, 4) is 0 Å². The van der Waals surface area contributed by atoms with E-state index in [-0.39, 0.29) is 11.9 Å². The summed E-state index contributed by atoms with van der Waals surface area (Å²) < 4.78 is 0. The van der Waals surface area contributed by atoms with Gasteiger partial charge in [-0.1, -0.05) is 74.5 Å². The summed E-state index contributed by atoms with van der Waals surface area (Å²) in [6.45, 7) is 7.34. The Kier molecular flexibility index (Phi) is 5.87. The number of rotatable bonds is 5. The lowest BCUT2D eigenvalue weighted by atomic mass is 9.92. The second kappa shape index (κ2) is 8.30. The molecule has 0 aliphatic carbocycles. The Hall–Kier alpha value is -2.13. The normalized spacial score (nSPS) is 23.4. The summed E-state index contributed by atoms with van der Waals surface area (Å²) in [6.07, 6.45) is 1.28. The van der Waals surface area contributed by atoms with Crippen LogP contribution in [0.25, 0.3) is 0 Å². The summed E-state index contributed by atoms with van der Waals surface area (Å²) in [5, 5.41) is 3.27. The summed E-state index contributed by atoms with van der Waals surface area (Å²) in [7, 11) is 0. The molecular formula is C22H29N2O+. The Balaban J connectivity index is 1.71. The van der Waals surface area contributed by atoms with Crippen LogP contribution in [0.4, 0.5) is 0 Å². The molecule has 2 N–H and O–H groups in total. The summed E-state index contributed by atoms with van der Waals surface area (Å²) in [5.41, 5.74) is 2.25. The predicted molar refractivity (Wildman–Crippen MR) is 101 cm³/mol. The van der Waals surface area contributed by atoms with E-state index in [0.717, 1.165) is 24.2 Å². The van der Waals surface area contributed by atoms with Crippen LogP contribution in [0.15, 0.2) is 60.7 Å². The number of carbonyl (C=O) groups excluding carboxylic acids is 1. The molecule has 3 rings (SSSR count). The summed E-state index contributed by atoms with van der Waals surface area (Å²) in [6, 6.07) is 20.3. The van der Waals surface area contributed by atoms with Crippen molar-refractivity contribution in [2.75, 3.05) is 19.6 Å². The fourth-order valence-corrected chi connectivity index (χ4v) is 4.16. The number of nitrogens with one attached hydrogen (secondary N) is 2. The zero-order chi connectivity index (χ0) is 17.6. The van der Waals surface area contributed by atoms with Gasteiger partial charge in [0.1, 0.15) is 0 Å². The lowest BCUT2D eigenvalue weighted by Crippen LogP contribution is -3.15. The third-order valence-electron chi connectivity index (χ3n) is 5.06. The van der Waals surface area contributed by atoms with E-state index in [4.69, 9.17) is 0 Å². The van der Waals surface area contributed by atoms with Gasteiger partial charge in [-0.05, 0) is 17.5 Å². The molecule has 1 heterocycles. The Morgan fingerprint density at radius 3 is 1.92 bits per heavy atom. The van der Waals surface area contributed by atoms with Gasteiger partial charge < -0.3 is 10.2 Å². The van der Waals surface area contributed by atoms with Gasteiger partial charge in [-0.15, -0.1) is 0 Å². The highest BCUT2D eigenvalue weighted by Gasteiger charge is 2.27. The third kappa shape index (κ3) is 4.93. The largest absolute Gasteiger partial charge is 0.340 e. The molecule has 3 heteroatoms. The van der Waals surface area contributed by atoms with Crippen LogP contribution in [-0.2, 0) is 4.79 Å². The topological polar surface area (TPSA) is 33.5 Å². The van der Waals surface area contributed by atoms with E-state index in [9.17, 15) is 4.79 Å². The van der Waals surface area contributed by atoms with Gasteiger partial charge in [0.05, 0.1) is 19.1 Å². The van der Waals surface area contributed by atoms with E-state index in [0.29, 0.717) is 18.4 Å². The lowest BCUT2D eigenvalue weighted by Gasteiger charge is -2.32. The van der Waals surface area contributed by atoms with Crippen LogP contribution in [0.3, 0.4) is 0 Å². The van der Waals surface area contributed by atoms with Crippen molar-refractivity contribution in [1.29, 1.82) is 0 Å². The summed E-state index contributed by atoms with van der Waals surface area (Å²) in [4.78, 5) is 14.2. The smallest absolute Gasteiger partial charge is 0.275 e. The van der Waals surface area contributed by atoms with Gasteiger partial charge in [0, 0.05) is 11.8 Å². The number of likely N-dealkylation sites (tertiary alicyclic amines) is 1. The number of benzene rings is 2. The molecule has 2 aromatic rings. The molecule has 1 amide bonds. The molecule has 0 radical (unpaired) electrons. The van der Waals surface area contributed by atoms with Crippen LogP contribution >= 0.6 is 0 Å². The van der Waals surface area contributed by atoms with Crippen molar-refractivity contribution >= 4 is 5.91 Å². The second-order valence-corrected chi connectivity index (χ2v) is 7.60. The first kappa shape index (κ1) is 17.7. The zero-order valence-corrected chi connectivity index (χ0v) is 15.2. The number of amides is 1. The molecule has 0 aromatic heterocycles. The van der Waals surface area contributed by atoms with E-state index in [1.807, 2.05) is 36.4 Å². The lowest BCUT2D eigenvalue weighted by molar-refractivity contribution is -0.904. The van der Waals surface area contributed by atoms with Crippen LogP contribution in [0.5, 0.6) is 0 Å². The molecule has 1 aliphatic rings. The number of piperidine rings is 1. The molecule has 0 unspecified atom stereocenters. The average molecular weight is 337 g/mol. The third-order valence-corrected chi connectivity index (χ3v) is 5.06. The first-order valence-electron chi connectivity index (χ1n) is 9.34. The second-order valence-electron chi connectivity index (χ2n) is 7.60. The molecule has 132 valence electrons. The first-order valence-corrected chi connectivity index (χ1v) is 9.34. The van der Waals surface area contributed by atoms with E-state index >= 15 is 0 Å². The molecule has 3 nitrogen and oxygen atoms in total. The van der Waals surface area contributed by atoms with Gasteiger partial charge in [0.2, 0.25) is 0 Å². The van der Waals surface area contributed by atoms with Crippen molar-refractivity contribution in [3.05, 3.63) is 71.8 Å². The minimum Gasteiger partial charge on any atom is -0.340 e. The highest BCUT2D eigenvalue weighted by Crippen LogP contribution is 2.21. The average Bonchev–Trinajstić information content (AvgIpc) is 2.60. The van der Waals surface area contributed by atoms with Crippen LogP contribution in [0.2, 0.25) is 0 Å². The maximum atomic E-state index is 12.7. The van der Waals surface area contributed by atoms with Crippen molar-refractivity contribution in [2.45, 2.75) is 26.3 Å². The Bertz CT molecular complexity index is 621. The van der Waals surface area contributed by atoms with Crippen molar-refractivity contribution < 1.29 is 9.69 Å². The van der Waals surface area contributed by atoms with Crippen molar-refractivity contribution in [2.24, 2.45) is 11.8 Å². The quantitative estimate of drug-likeness (QED) is 0.863. The number of hydrogen-bond donors (Lipinski definition) is 2. The number of carbonyl (C=O) groups is 1. The molecule has 0 bridgehead atoms. The summed E-state index contributed by atoms with van der Waals surface area (Å²) in [5.74, 6) is 1.53. The molecule has 2 aromatic carbocycles. The fraction of sp³-hybridized carbons (Fsp3) is 0.409. The van der Waals surface area contributed by atoms with Crippen LogP contribution in [-0.4, -0.2) is 25.5 Å². The van der Waals surface area contributed by atoms with Gasteiger partial charge in [-0.2, -0.15) is 0 Å². The SMILES string of the molecule is C[C@@H]1C[C@@H](C)C[NH+](CC(=O)NC(c2ccccc2)c2ccccc2)C1. The Labute approximate surface area is 151 Å². The van der Waals surface area contributed by atoms with Gasteiger partial charge in [0.15, 0.2) is 6.54 Å².